The van der Waals surface area contributed by atoms with E-state index in [1.165, 1.54) is 19.4 Å². The van der Waals surface area contributed by atoms with Gasteiger partial charge < -0.3 is 19.5 Å². The molecule has 8 heteroatoms. The number of hydrogen-bond acceptors (Lipinski definition) is 4. The van der Waals surface area contributed by atoms with Crippen LogP contribution in [-0.2, 0) is 16.1 Å². The summed E-state index contributed by atoms with van der Waals surface area (Å²) >= 11 is 0. The molecule has 28 heavy (non-hydrogen) atoms. The lowest BCUT2D eigenvalue weighted by Crippen LogP contribution is -2.09. The van der Waals surface area contributed by atoms with E-state index in [-0.39, 0.29) is 12.1 Å². The maximum absolute atomic E-state index is 13.5. The molecule has 0 spiro atoms. The molecule has 2 aromatic carbocycles. The molecule has 0 aliphatic rings. The Bertz CT molecular complexity index is 1120. The SMILES string of the molecule is COc1cccc2c1c(C(O)=CC(=O)C(=O)O)cn2Cc1ccc(F)c(F)c1. The molecule has 0 aliphatic carbocycles. The number of carbonyl (C=O) groups excluding carboxylic acids is 1. The number of aliphatic hydroxyl groups excluding tert-OH is 1. The molecule has 0 amide bonds. The summed E-state index contributed by atoms with van der Waals surface area (Å²) in [4.78, 5) is 22.2. The molecule has 6 nitrogen and oxygen atoms in total. The van der Waals surface area contributed by atoms with E-state index in [1.807, 2.05) is 0 Å². The number of ketones is 1. The minimum atomic E-state index is -1.70. The van der Waals surface area contributed by atoms with E-state index in [9.17, 15) is 23.5 Å². The van der Waals surface area contributed by atoms with E-state index in [1.54, 1.807) is 22.8 Å². The number of fused-ring (bicyclic) bond motifs is 1. The zero-order valence-electron chi connectivity index (χ0n) is 14.6. The first-order valence-electron chi connectivity index (χ1n) is 8.10. The fraction of sp³-hybridized carbons (Fsp3) is 0.100. The van der Waals surface area contributed by atoms with Crippen molar-refractivity contribution in [3.05, 3.63) is 71.4 Å². The summed E-state index contributed by atoms with van der Waals surface area (Å²) < 4.78 is 33.6. The second kappa shape index (κ2) is 7.51. The van der Waals surface area contributed by atoms with Gasteiger partial charge in [0.1, 0.15) is 11.5 Å². The van der Waals surface area contributed by atoms with Gasteiger partial charge in [0.25, 0.3) is 5.78 Å². The molecule has 1 heterocycles. The lowest BCUT2D eigenvalue weighted by molar-refractivity contribution is -0.146. The van der Waals surface area contributed by atoms with E-state index in [0.717, 1.165) is 12.1 Å². The first-order valence-corrected chi connectivity index (χ1v) is 8.10. The van der Waals surface area contributed by atoms with Crippen LogP contribution in [0.1, 0.15) is 11.1 Å². The molecule has 1 aromatic heterocycles. The van der Waals surface area contributed by atoms with Crippen LogP contribution in [0, 0.1) is 11.6 Å². The maximum Gasteiger partial charge on any atom is 0.376 e. The monoisotopic (exact) mass is 387 g/mol. The summed E-state index contributed by atoms with van der Waals surface area (Å²) in [6.07, 6.45) is 2.08. The number of aliphatic hydroxyl groups is 1. The van der Waals surface area contributed by atoms with Crippen molar-refractivity contribution >= 4 is 28.4 Å². The summed E-state index contributed by atoms with van der Waals surface area (Å²) in [5.41, 5.74) is 1.22. The molecule has 0 saturated heterocycles. The van der Waals surface area contributed by atoms with Gasteiger partial charge >= 0.3 is 5.97 Å². The predicted octanol–water partition coefficient (Wildman–Crippen LogP) is 3.53. The van der Waals surface area contributed by atoms with Gasteiger partial charge in [0, 0.05) is 24.4 Å². The van der Waals surface area contributed by atoms with Crippen molar-refractivity contribution in [3.63, 3.8) is 0 Å². The Kier molecular flexibility index (Phi) is 5.12. The molecule has 0 aliphatic heterocycles. The molecule has 144 valence electrons. The minimum absolute atomic E-state index is 0.140. The normalized spacial score (nSPS) is 11.6. The zero-order chi connectivity index (χ0) is 20.4. The topological polar surface area (TPSA) is 88.8 Å². The van der Waals surface area contributed by atoms with Crippen molar-refractivity contribution in [1.29, 1.82) is 0 Å². The van der Waals surface area contributed by atoms with Crippen LogP contribution in [-0.4, -0.2) is 33.6 Å². The van der Waals surface area contributed by atoms with E-state index in [0.29, 0.717) is 28.3 Å². The van der Waals surface area contributed by atoms with Gasteiger partial charge in [-0.3, -0.25) is 4.79 Å². The van der Waals surface area contributed by atoms with Gasteiger partial charge in [-0.05, 0) is 29.8 Å². The van der Waals surface area contributed by atoms with Crippen molar-refractivity contribution in [2.24, 2.45) is 0 Å². The second-order valence-corrected chi connectivity index (χ2v) is 5.97. The summed E-state index contributed by atoms with van der Waals surface area (Å²) in [5.74, 6) is -5.10. The van der Waals surface area contributed by atoms with Crippen molar-refractivity contribution in [1.82, 2.24) is 4.57 Å². The molecule has 0 fully saturated rings. The second-order valence-electron chi connectivity index (χ2n) is 5.97. The highest BCUT2D eigenvalue weighted by molar-refractivity contribution is 6.38. The number of benzene rings is 2. The van der Waals surface area contributed by atoms with E-state index < -0.39 is 29.1 Å². The third-order valence-corrected chi connectivity index (χ3v) is 4.18. The van der Waals surface area contributed by atoms with Crippen molar-refractivity contribution < 1.29 is 33.3 Å². The highest BCUT2D eigenvalue weighted by Gasteiger charge is 2.18. The van der Waals surface area contributed by atoms with Crippen LogP contribution in [0.4, 0.5) is 8.78 Å². The van der Waals surface area contributed by atoms with Gasteiger partial charge in [0.15, 0.2) is 11.6 Å². The maximum atomic E-state index is 13.5. The number of nitrogens with zero attached hydrogens (tertiary/aromatic N) is 1. The summed E-state index contributed by atoms with van der Waals surface area (Å²) in [6.45, 7) is 0.140. The van der Waals surface area contributed by atoms with Gasteiger partial charge in [-0.1, -0.05) is 12.1 Å². The van der Waals surface area contributed by atoms with E-state index in [2.05, 4.69) is 0 Å². The third kappa shape index (κ3) is 3.57. The number of carbonyl (C=O) groups is 2. The molecular formula is C20H15F2NO5. The Hall–Kier alpha value is -3.68. The molecule has 0 unspecified atom stereocenters. The summed E-state index contributed by atoms with van der Waals surface area (Å²) in [7, 11) is 1.43. The predicted molar refractivity (Wildman–Crippen MR) is 97.2 cm³/mol. The number of ether oxygens (including phenoxy) is 1. The van der Waals surface area contributed by atoms with Gasteiger partial charge in [0.2, 0.25) is 0 Å². The van der Waals surface area contributed by atoms with Crippen LogP contribution in [0.15, 0.2) is 48.7 Å². The smallest absolute Gasteiger partial charge is 0.376 e. The largest absolute Gasteiger partial charge is 0.507 e. The van der Waals surface area contributed by atoms with Crippen LogP contribution in [0.2, 0.25) is 0 Å². The van der Waals surface area contributed by atoms with E-state index >= 15 is 0 Å². The highest BCUT2D eigenvalue weighted by Crippen LogP contribution is 2.34. The molecule has 0 bridgehead atoms. The van der Waals surface area contributed by atoms with Gasteiger partial charge in [-0.25, -0.2) is 13.6 Å². The number of carboxylic acids is 1. The summed E-state index contributed by atoms with van der Waals surface area (Å²) in [6, 6.07) is 8.56. The minimum Gasteiger partial charge on any atom is -0.507 e. The standard InChI is InChI=1S/C20H15F2NO5/c1-28-18-4-2-3-15-19(18)12(16(24)8-17(25)20(26)27)10-23(15)9-11-5-6-13(21)14(22)7-11/h2-8,10,24H,9H2,1H3,(H,26,27). The number of rotatable bonds is 6. The van der Waals surface area contributed by atoms with Crippen LogP contribution < -0.4 is 4.74 Å². The van der Waals surface area contributed by atoms with Crippen molar-refractivity contribution in [3.8, 4) is 5.75 Å². The Morgan fingerprint density at radius 3 is 2.54 bits per heavy atom. The number of halogens is 2. The van der Waals surface area contributed by atoms with Crippen LogP contribution in [0.5, 0.6) is 5.75 Å². The Balaban J connectivity index is 2.15. The Morgan fingerprint density at radius 2 is 1.89 bits per heavy atom. The fourth-order valence-corrected chi connectivity index (χ4v) is 2.91. The van der Waals surface area contributed by atoms with Crippen molar-refractivity contribution in [2.75, 3.05) is 7.11 Å². The lowest BCUT2D eigenvalue weighted by atomic mass is 10.1. The Labute approximate surface area is 157 Å². The van der Waals surface area contributed by atoms with Crippen LogP contribution >= 0.6 is 0 Å². The highest BCUT2D eigenvalue weighted by atomic mass is 19.2. The Morgan fingerprint density at radius 1 is 1.14 bits per heavy atom. The molecule has 0 saturated carbocycles. The first-order chi connectivity index (χ1) is 13.3. The molecule has 0 radical (unpaired) electrons. The van der Waals surface area contributed by atoms with Crippen LogP contribution in [0.25, 0.3) is 16.7 Å². The average molecular weight is 387 g/mol. The van der Waals surface area contributed by atoms with Crippen LogP contribution in [0.3, 0.4) is 0 Å². The number of methoxy groups -OCH3 is 1. The lowest BCUT2D eigenvalue weighted by Gasteiger charge is -2.07. The molecule has 0 atom stereocenters. The van der Waals surface area contributed by atoms with Crippen molar-refractivity contribution in [2.45, 2.75) is 6.54 Å². The molecule has 2 N–H and O–H groups in total. The number of carboxylic acid groups (broad SMARTS) is 1. The van der Waals surface area contributed by atoms with E-state index in [4.69, 9.17) is 9.84 Å². The number of aromatic nitrogens is 1. The number of hydrogen-bond donors (Lipinski definition) is 2. The quantitative estimate of drug-likeness (QED) is 0.384. The first kappa shape index (κ1) is 19.1. The molecule has 3 aromatic rings. The fourth-order valence-electron chi connectivity index (χ4n) is 2.91. The zero-order valence-corrected chi connectivity index (χ0v) is 14.6. The van der Waals surface area contributed by atoms with Gasteiger partial charge in [-0.15, -0.1) is 0 Å². The molecule has 3 rings (SSSR count). The third-order valence-electron chi connectivity index (χ3n) is 4.18. The number of aliphatic carboxylic acids is 1. The van der Waals surface area contributed by atoms with Gasteiger partial charge in [0.05, 0.1) is 18.0 Å². The average Bonchev–Trinajstić information content (AvgIpc) is 3.03. The van der Waals surface area contributed by atoms with Gasteiger partial charge in [-0.2, -0.15) is 0 Å². The molecular weight excluding hydrogens is 372 g/mol. The summed E-state index contributed by atoms with van der Waals surface area (Å²) in [5, 5.41) is 19.5.